The molecule has 5 heteroatoms. The first kappa shape index (κ1) is 10.0. The molecule has 80 valence electrons. The van der Waals surface area contributed by atoms with Gasteiger partial charge < -0.3 is 9.53 Å². The van der Waals surface area contributed by atoms with Gasteiger partial charge in [-0.1, -0.05) is 0 Å². The lowest BCUT2D eigenvalue weighted by Crippen LogP contribution is -2.41. The van der Waals surface area contributed by atoms with E-state index in [1.54, 1.807) is 0 Å². The van der Waals surface area contributed by atoms with Crippen LogP contribution in [0.2, 0.25) is 0 Å². The highest BCUT2D eigenvalue weighted by molar-refractivity contribution is 5.57. The molecular weight excluding hydrogens is 184 g/mol. The summed E-state index contributed by atoms with van der Waals surface area (Å²) in [6.45, 7) is 4.42. The Hall–Kier alpha value is -0.490. The van der Waals surface area contributed by atoms with Gasteiger partial charge in [-0.3, -0.25) is 9.74 Å². The van der Waals surface area contributed by atoms with E-state index in [0.717, 1.165) is 45.6 Å². The fourth-order valence-electron chi connectivity index (χ4n) is 1.83. The standard InChI is InChI=1S/C9H16N2O3/c12-7-8-5-9(14-10-8)6-11-1-3-13-4-2-11/h7-10H,1-6H2. The molecule has 2 fully saturated rings. The van der Waals surface area contributed by atoms with Gasteiger partial charge in [0.1, 0.15) is 6.29 Å². The van der Waals surface area contributed by atoms with Crippen molar-refractivity contribution < 1.29 is 14.4 Å². The SMILES string of the molecule is O=CC1CC(CN2CCOCC2)ON1. The number of hydroxylamine groups is 1. The summed E-state index contributed by atoms with van der Waals surface area (Å²) < 4.78 is 5.25. The van der Waals surface area contributed by atoms with Crippen LogP contribution in [-0.2, 0) is 14.4 Å². The first-order valence-electron chi connectivity index (χ1n) is 5.05. The molecular formula is C9H16N2O3. The van der Waals surface area contributed by atoms with Crippen molar-refractivity contribution in [3.05, 3.63) is 0 Å². The third-order valence-corrected chi connectivity index (χ3v) is 2.63. The highest BCUT2D eigenvalue weighted by Gasteiger charge is 2.27. The number of hydrogen-bond donors (Lipinski definition) is 1. The quantitative estimate of drug-likeness (QED) is 0.603. The largest absolute Gasteiger partial charge is 0.379 e. The Kier molecular flexibility index (Phi) is 3.47. The maximum atomic E-state index is 10.5. The summed E-state index contributed by atoms with van der Waals surface area (Å²) in [6, 6.07) is -0.124. The Morgan fingerprint density at radius 2 is 2.21 bits per heavy atom. The molecule has 2 saturated heterocycles. The summed E-state index contributed by atoms with van der Waals surface area (Å²) in [4.78, 5) is 18.1. The van der Waals surface area contributed by atoms with Gasteiger partial charge >= 0.3 is 0 Å². The van der Waals surface area contributed by atoms with E-state index in [-0.39, 0.29) is 12.1 Å². The van der Waals surface area contributed by atoms with Crippen LogP contribution in [0.15, 0.2) is 0 Å². The lowest BCUT2D eigenvalue weighted by atomic mass is 10.1. The van der Waals surface area contributed by atoms with Crippen molar-refractivity contribution >= 4 is 6.29 Å². The Labute approximate surface area is 83.3 Å². The molecule has 0 bridgehead atoms. The number of nitrogens with one attached hydrogen (secondary N) is 1. The molecule has 14 heavy (non-hydrogen) atoms. The summed E-state index contributed by atoms with van der Waals surface area (Å²) in [6.07, 6.45) is 1.82. The van der Waals surface area contributed by atoms with E-state index in [1.165, 1.54) is 0 Å². The molecule has 1 N–H and O–H groups in total. The summed E-state index contributed by atoms with van der Waals surface area (Å²) in [5.41, 5.74) is 2.72. The van der Waals surface area contributed by atoms with Crippen molar-refractivity contribution in [2.75, 3.05) is 32.8 Å². The third kappa shape index (κ3) is 2.51. The lowest BCUT2D eigenvalue weighted by Gasteiger charge is -2.28. The average molecular weight is 200 g/mol. The first-order chi connectivity index (χ1) is 6.88. The Balaban J connectivity index is 1.72. The molecule has 2 unspecified atom stereocenters. The summed E-state index contributed by atoms with van der Waals surface area (Å²) in [7, 11) is 0. The Bertz CT molecular complexity index is 194. The zero-order valence-corrected chi connectivity index (χ0v) is 8.15. The van der Waals surface area contributed by atoms with Gasteiger partial charge in [0.2, 0.25) is 0 Å². The Morgan fingerprint density at radius 1 is 1.43 bits per heavy atom. The van der Waals surface area contributed by atoms with E-state index in [9.17, 15) is 4.79 Å². The first-order valence-corrected chi connectivity index (χ1v) is 5.05. The summed E-state index contributed by atoms with van der Waals surface area (Å²) in [5.74, 6) is 0. The predicted molar refractivity (Wildman–Crippen MR) is 49.7 cm³/mol. The Morgan fingerprint density at radius 3 is 2.86 bits per heavy atom. The van der Waals surface area contributed by atoms with Crippen LogP contribution >= 0.6 is 0 Å². The van der Waals surface area contributed by atoms with Crippen LogP contribution in [-0.4, -0.2) is 56.2 Å². The van der Waals surface area contributed by atoms with Gasteiger partial charge in [-0.15, -0.1) is 0 Å². The number of carbonyl (C=O) groups is 1. The minimum atomic E-state index is -0.124. The zero-order valence-electron chi connectivity index (χ0n) is 8.15. The smallest absolute Gasteiger partial charge is 0.139 e. The van der Waals surface area contributed by atoms with E-state index in [2.05, 4.69) is 10.4 Å². The normalized spacial score (nSPS) is 34.6. The molecule has 0 saturated carbocycles. The van der Waals surface area contributed by atoms with Crippen LogP contribution in [0.25, 0.3) is 0 Å². The second-order valence-corrected chi connectivity index (χ2v) is 3.75. The van der Waals surface area contributed by atoms with E-state index in [4.69, 9.17) is 9.57 Å². The van der Waals surface area contributed by atoms with Crippen molar-refractivity contribution in [3.8, 4) is 0 Å². The molecule has 2 heterocycles. The molecule has 0 aliphatic carbocycles. The fourth-order valence-corrected chi connectivity index (χ4v) is 1.83. The van der Waals surface area contributed by atoms with Crippen LogP contribution in [0.3, 0.4) is 0 Å². The zero-order chi connectivity index (χ0) is 9.80. The number of aldehydes is 1. The summed E-state index contributed by atoms with van der Waals surface area (Å²) >= 11 is 0. The topological polar surface area (TPSA) is 50.8 Å². The van der Waals surface area contributed by atoms with E-state index in [1.807, 2.05) is 0 Å². The van der Waals surface area contributed by atoms with E-state index >= 15 is 0 Å². The maximum Gasteiger partial charge on any atom is 0.139 e. The maximum absolute atomic E-state index is 10.5. The molecule has 2 atom stereocenters. The third-order valence-electron chi connectivity index (χ3n) is 2.63. The van der Waals surface area contributed by atoms with Gasteiger partial charge in [0.05, 0.1) is 25.4 Å². The van der Waals surface area contributed by atoms with Gasteiger partial charge in [0, 0.05) is 26.1 Å². The molecule has 0 amide bonds. The van der Waals surface area contributed by atoms with Crippen molar-refractivity contribution in [2.45, 2.75) is 18.6 Å². The molecule has 0 radical (unpaired) electrons. The number of hydrogen-bond acceptors (Lipinski definition) is 5. The molecule has 0 aromatic heterocycles. The fraction of sp³-hybridized carbons (Fsp3) is 0.889. The van der Waals surface area contributed by atoms with Gasteiger partial charge in [-0.2, -0.15) is 5.48 Å². The van der Waals surface area contributed by atoms with Gasteiger partial charge in [-0.25, -0.2) is 0 Å². The molecule has 2 aliphatic heterocycles. The van der Waals surface area contributed by atoms with Crippen LogP contribution < -0.4 is 5.48 Å². The number of nitrogens with zero attached hydrogens (tertiary/aromatic N) is 1. The highest BCUT2D eigenvalue weighted by Crippen LogP contribution is 2.11. The van der Waals surface area contributed by atoms with Gasteiger partial charge in [0.25, 0.3) is 0 Å². The number of carbonyl (C=O) groups excluding carboxylic acids is 1. The minimum absolute atomic E-state index is 0.124. The van der Waals surface area contributed by atoms with E-state index in [0.29, 0.717) is 0 Å². The van der Waals surface area contributed by atoms with Gasteiger partial charge in [-0.05, 0) is 0 Å². The summed E-state index contributed by atoms with van der Waals surface area (Å²) in [5, 5.41) is 0. The molecule has 5 nitrogen and oxygen atoms in total. The van der Waals surface area contributed by atoms with E-state index < -0.39 is 0 Å². The van der Waals surface area contributed by atoms with Crippen LogP contribution in [0.5, 0.6) is 0 Å². The monoisotopic (exact) mass is 200 g/mol. The molecule has 2 rings (SSSR count). The second kappa shape index (κ2) is 4.84. The number of ether oxygens (including phenoxy) is 1. The van der Waals surface area contributed by atoms with Crippen molar-refractivity contribution in [2.24, 2.45) is 0 Å². The van der Waals surface area contributed by atoms with Crippen molar-refractivity contribution in [3.63, 3.8) is 0 Å². The van der Waals surface area contributed by atoms with Gasteiger partial charge in [0.15, 0.2) is 0 Å². The highest BCUT2D eigenvalue weighted by atomic mass is 16.7. The van der Waals surface area contributed by atoms with Crippen LogP contribution in [0, 0.1) is 0 Å². The molecule has 2 aliphatic rings. The molecule has 0 spiro atoms. The number of rotatable bonds is 3. The van der Waals surface area contributed by atoms with Crippen molar-refractivity contribution in [1.29, 1.82) is 0 Å². The van der Waals surface area contributed by atoms with Crippen molar-refractivity contribution in [1.82, 2.24) is 10.4 Å². The number of morpholine rings is 1. The van der Waals surface area contributed by atoms with Crippen LogP contribution in [0.1, 0.15) is 6.42 Å². The minimum Gasteiger partial charge on any atom is -0.379 e. The average Bonchev–Trinajstić information content (AvgIpc) is 2.67. The molecule has 0 aromatic carbocycles. The lowest BCUT2D eigenvalue weighted by molar-refractivity contribution is -0.110. The molecule has 0 aromatic rings. The predicted octanol–water partition coefficient (Wildman–Crippen LogP) is -0.820. The second-order valence-electron chi connectivity index (χ2n) is 3.75. The van der Waals surface area contributed by atoms with Crippen LogP contribution in [0.4, 0.5) is 0 Å².